The average molecular weight is 241 g/mol. The number of thiazole rings is 1. The summed E-state index contributed by atoms with van der Waals surface area (Å²) in [5, 5.41) is 6.50. The van der Waals surface area contributed by atoms with E-state index in [2.05, 4.69) is 20.3 Å². The maximum Gasteiger partial charge on any atom is 0.224 e. The van der Waals surface area contributed by atoms with Gasteiger partial charge in [0.2, 0.25) is 5.28 Å². The van der Waals surface area contributed by atoms with Crippen LogP contribution in [0.4, 0.5) is 5.82 Å². The SMILES string of the molecule is Clc1nccc(NCCc2nccs2)n1. The highest BCUT2D eigenvalue weighted by Gasteiger charge is 1.97. The Morgan fingerprint density at radius 2 is 2.27 bits per heavy atom. The molecule has 0 aromatic carbocycles. The van der Waals surface area contributed by atoms with E-state index in [1.54, 1.807) is 23.6 Å². The van der Waals surface area contributed by atoms with Gasteiger partial charge in [-0.1, -0.05) is 0 Å². The predicted octanol–water partition coefficient (Wildman–Crippen LogP) is 2.24. The zero-order chi connectivity index (χ0) is 10.5. The molecule has 15 heavy (non-hydrogen) atoms. The molecule has 78 valence electrons. The van der Waals surface area contributed by atoms with Gasteiger partial charge in [0.1, 0.15) is 5.82 Å². The summed E-state index contributed by atoms with van der Waals surface area (Å²) in [6.07, 6.45) is 4.32. The Morgan fingerprint density at radius 3 is 3.00 bits per heavy atom. The fraction of sp³-hybridized carbons (Fsp3) is 0.222. The average Bonchev–Trinajstić information content (AvgIpc) is 2.71. The van der Waals surface area contributed by atoms with Gasteiger partial charge >= 0.3 is 0 Å². The number of anilines is 1. The minimum absolute atomic E-state index is 0.259. The van der Waals surface area contributed by atoms with Gasteiger partial charge in [-0.05, 0) is 17.7 Å². The molecule has 2 aromatic rings. The van der Waals surface area contributed by atoms with Crippen LogP contribution >= 0.6 is 22.9 Å². The lowest BCUT2D eigenvalue weighted by atomic mass is 10.4. The zero-order valence-corrected chi connectivity index (χ0v) is 9.42. The van der Waals surface area contributed by atoms with Crippen molar-refractivity contribution in [1.29, 1.82) is 0 Å². The highest BCUT2D eigenvalue weighted by Crippen LogP contribution is 2.07. The Balaban J connectivity index is 1.83. The summed E-state index contributed by atoms with van der Waals surface area (Å²) in [5.41, 5.74) is 0. The van der Waals surface area contributed by atoms with Crippen LogP contribution in [0.25, 0.3) is 0 Å². The van der Waals surface area contributed by atoms with Gasteiger partial charge in [-0.3, -0.25) is 0 Å². The van der Waals surface area contributed by atoms with Gasteiger partial charge < -0.3 is 5.32 Å². The van der Waals surface area contributed by atoms with Gasteiger partial charge in [0.05, 0.1) is 5.01 Å². The number of aromatic nitrogens is 3. The standard InChI is InChI=1S/C9H9ClN4S/c10-9-13-3-1-7(14-9)11-4-2-8-12-5-6-15-8/h1,3,5-6H,2,4H2,(H,11,13,14). The maximum atomic E-state index is 5.65. The van der Waals surface area contributed by atoms with Crippen LogP contribution in [-0.2, 0) is 6.42 Å². The van der Waals surface area contributed by atoms with E-state index in [1.807, 2.05) is 11.6 Å². The van der Waals surface area contributed by atoms with E-state index in [-0.39, 0.29) is 5.28 Å². The van der Waals surface area contributed by atoms with Gasteiger partial charge in [0.25, 0.3) is 0 Å². The molecular weight excluding hydrogens is 232 g/mol. The Bertz CT molecular complexity index is 418. The predicted molar refractivity (Wildman–Crippen MR) is 61.3 cm³/mol. The molecule has 2 rings (SSSR count). The van der Waals surface area contributed by atoms with Crippen LogP contribution in [0.5, 0.6) is 0 Å². The molecule has 0 spiro atoms. The Hall–Kier alpha value is -1.20. The molecular formula is C9H9ClN4S. The van der Waals surface area contributed by atoms with Crippen molar-refractivity contribution in [1.82, 2.24) is 15.0 Å². The van der Waals surface area contributed by atoms with Gasteiger partial charge in [0, 0.05) is 30.7 Å². The molecule has 0 radical (unpaired) electrons. The summed E-state index contributed by atoms with van der Waals surface area (Å²) in [7, 11) is 0. The van der Waals surface area contributed by atoms with Crippen molar-refractivity contribution < 1.29 is 0 Å². The van der Waals surface area contributed by atoms with Crippen LogP contribution in [0.2, 0.25) is 5.28 Å². The highest BCUT2D eigenvalue weighted by atomic mass is 35.5. The molecule has 4 nitrogen and oxygen atoms in total. The molecule has 0 unspecified atom stereocenters. The molecule has 0 aliphatic rings. The third-order valence-electron chi connectivity index (χ3n) is 1.75. The second-order valence-electron chi connectivity index (χ2n) is 2.81. The third-order valence-corrected chi connectivity index (χ3v) is 2.78. The first-order valence-electron chi connectivity index (χ1n) is 4.45. The maximum absolute atomic E-state index is 5.65. The van der Waals surface area contributed by atoms with E-state index in [0.717, 1.165) is 23.8 Å². The van der Waals surface area contributed by atoms with E-state index < -0.39 is 0 Å². The highest BCUT2D eigenvalue weighted by molar-refractivity contribution is 7.09. The summed E-state index contributed by atoms with van der Waals surface area (Å²) in [6.45, 7) is 0.793. The monoisotopic (exact) mass is 240 g/mol. The number of nitrogens with one attached hydrogen (secondary N) is 1. The molecule has 0 bridgehead atoms. The smallest absolute Gasteiger partial charge is 0.224 e. The van der Waals surface area contributed by atoms with Gasteiger partial charge in [-0.2, -0.15) is 0 Å². The molecule has 2 heterocycles. The molecule has 0 aliphatic heterocycles. The second kappa shape index (κ2) is 5.04. The van der Waals surface area contributed by atoms with Crippen LogP contribution in [0.1, 0.15) is 5.01 Å². The van der Waals surface area contributed by atoms with Crippen LogP contribution in [-0.4, -0.2) is 21.5 Å². The Labute approximate surface area is 96.4 Å². The normalized spacial score (nSPS) is 10.2. The van der Waals surface area contributed by atoms with E-state index in [4.69, 9.17) is 11.6 Å². The molecule has 0 amide bonds. The van der Waals surface area contributed by atoms with Crippen LogP contribution in [0.3, 0.4) is 0 Å². The molecule has 0 fully saturated rings. The summed E-state index contributed by atoms with van der Waals surface area (Å²) >= 11 is 7.30. The lowest BCUT2D eigenvalue weighted by Gasteiger charge is -2.03. The van der Waals surface area contributed by atoms with E-state index >= 15 is 0 Å². The van der Waals surface area contributed by atoms with Crippen molar-refractivity contribution in [2.24, 2.45) is 0 Å². The van der Waals surface area contributed by atoms with E-state index in [1.165, 1.54) is 0 Å². The van der Waals surface area contributed by atoms with Crippen molar-refractivity contribution in [2.75, 3.05) is 11.9 Å². The molecule has 6 heteroatoms. The number of hydrogen-bond acceptors (Lipinski definition) is 5. The molecule has 0 saturated carbocycles. The molecule has 0 atom stereocenters. The summed E-state index contributed by atoms with van der Waals surface area (Å²) in [6, 6.07) is 1.79. The number of rotatable bonds is 4. The molecule has 1 N–H and O–H groups in total. The van der Waals surface area contributed by atoms with Crippen LogP contribution < -0.4 is 5.32 Å². The summed E-state index contributed by atoms with van der Waals surface area (Å²) < 4.78 is 0. The second-order valence-corrected chi connectivity index (χ2v) is 4.13. The topological polar surface area (TPSA) is 50.7 Å². The Kier molecular flexibility index (Phi) is 3.47. The van der Waals surface area contributed by atoms with Gasteiger partial charge in [-0.15, -0.1) is 11.3 Å². The van der Waals surface area contributed by atoms with Crippen molar-refractivity contribution in [3.63, 3.8) is 0 Å². The van der Waals surface area contributed by atoms with Crippen molar-refractivity contribution in [3.8, 4) is 0 Å². The third kappa shape index (κ3) is 3.14. The molecule has 0 saturated heterocycles. The van der Waals surface area contributed by atoms with Crippen LogP contribution in [0, 0.1) is 0 Å². The zero-order valence-electron chi connectivity index (χ0n) is 7.85. The summed E-state index contributed by atoms with van der Waals surface area (Å²) in [5.74, 6) is 0.742. The van der Waals surface area contributed by atoms with E-state index in [9.17, 15) is 0 Å². The van der Waals surface area contributed by atoms with Crippen molar-refractivity contribution in [3.05, 3.63) is 34.1 Å². The van der Waals surface area contributed by atoms with Crippen molar-refractivity contribution in [2.45, 2.75) is 6.42 Å². The number of hydrogen-bond donors (Lipinski definition) is 1. The van der Waals surface area contributed by atoms with Crippen molar-refractivity contribution >= 4 is 28.8 Å². The quantitative estimate of drug-likeness (QED) is 0.833. The lowest BCUT2D eigenvalue weighted by molar-refractivity contribution is 0.982. The first-order chi connectivity index (χ1) is 7.34. The number of nitrogens with zero attached hydrogens (tertiary/aromatic N) is 3. The lowest BCUT2D eigenvalue weighted by Crippen LogP contribution is -2.06. The minimum atomic E-state index is 0.259. The summed E-state index contributed by atoms with van der Waals surface area (Å²) in [4.78, 5) is 12.0. The van der Waals surface area contributed by atoms with Crippen LogP contribution in [0.15, 0.2) is 23.8 Å². The largest absolute Gasteiger partial charge is 0.370 e. The molecule has 0 aliphatic carbocycles. The number of halogens is 1. The Morgan fingerprint density at radius 1 is 1.33 bits per heavy atom. The van der Waals surface area contributed by atoms with E-state index in [0.29, 0.717) is 0 Å². The first kappa shape index (κ1) is 10.3. The van der Waals surface area contributed by atoms with Gasteiger partial charge in [0.15, 0.2) is 0 Å². The fourth-order valence-electron chi connectivity index (χ4n) is 1.11. The van der Waals surface area contributed by atoms with Gasteiger partial charge in [-0.25, -0.2) is 15.0 Å². The first-order valence-corrected chi connectivity index (χ1v) is 5.71. The molecule has 2 aromatic heterocycles. The minimum Gasteiger partial charge on any atom is -0.370 e. The fourth-order valence-corrected chi connectivity index (χ4v) is 1.88.